The number of hydrogen-bond acceptors (Lipinski definition) is 2. The van der Waals surface area contributed by atoms with E-state index in [1.165, 1.54) is 0 Å². The van der Waals surface area contributed by atoms with Crippen molar-refractivity contribution in [2.75, 3.05) is 0 Å². The third-order valence-corrected chi connectivity index (χ3v) is 0.543. The molecule has 0 aliphatic heterocycles. The molecule has 0 saturated heterocycles. The minimum Gasteiger partial charge on any atom is -0.377 e. The van der Waals surface area contributed by atoms with Crippen LogP contribution in [0.3, 0.4) is 0 Å². The Bertz CT molecular complexity index is 104. The van der Waals surface area contributed by atoms with Gasteiger partial charge in [-0.3, -0.25) is 5.41 Å². The van der Waals surface area contributed by atoms with Gasteiger partial charge in [0.15, 0.2) is 0 Å². The highest BCUT2D eigenvalue weighted by atomic mass is 15.2. The van der Waals surface area contributed by atoms with Gasteiger partial charge in [-0.1, -0.05) is 0 Å². The van der Waals surface area contributed by atoms with Crippen molar-refractivity contribution in [1.82, 2.24) is 0 Å². The zero-order valence-corrected chi connectivity index (χ0v) is 4.18. The SMILES string of the molecule is CC(=[NH2+])C(N)=NN. The molecule has 0 aliphatic rings. The van der Waals surface area contributed by atoms with Crippen molar-refractivity contribution in [1.29, 1.82) is 0 Å². The summed E-state index contributed by atoms with van der Waals surface area (Å²) in [6.45, 7) is 1.63. The fraction of sp³-hybridized carbons (Fsp3) is 0.333. The van der Waals surface area contributed by atoms with Gasteiger partial charge in [-0.05, 0) is 0 Å². The lowest BCUT2D eigenvalue weighted by Gasteiger charge is -1.83. The van der Waals surface area contributed by atoms with E-state index in [9.17, 15) is 0 Å². The first-order valence-electron chi connectivity index (χ1n) is 1.81. The van der Waals surface area contributed by atoms with Gasteiger partial charge in [0.25, 0.3) is 0 Å². The maximum atomic E-state index is 5.13. The van der Waals surface area contributed by atoms with Crippen LogP contribution in [-0.2, 0) is 0 Å². The molecule has 6 N–H and O–H groups in total. The van der Waals surface area contributed by atoms with Crippen LogP contribution in [-0.4, -0.2) is 11.5 Å². The van der Waals surface area contributed by atoms with Crippen LogP contribution in [0.25, 0.3) is 0 Å². The molecule has 0 radical (unpaired) electrons. The van der Waals surface area contributed by atoms with Crippen molar-refractivity contribution < 1.29 is 5.41 Å². The summed E-state index contributed by atoms with van der Waals surface area (Å²) >= 11 is 0. The van der Waals surface area contributed by atoms with Crippen LogP contribution in [0, 0.1) is 0 Å². The minimum absolute atomic E-state index is 0.194. The summed E-state index contributed by atoms with van der Waals surface area (Å²) in [4.78, 5) is 0. The summed E-state index contributed by atoms with van der Waals surface area (Å²) in [6.07, 6.45) is 0. The van der Waals surface area contributed by atoms with Crippen LogP contribution in [0.5, 0.6) is 0 Å². The molecule has 0 saturated carbocycles. The Labute approximate surface area is 41.7 Å². The summed E-state index contributed by atoms with van der Waals surface area (Å²) in [6, 6.07) is 0. The normalized spacial score (nSPS) is 11.3. The van der Waals surface area contributed by atoms with E-state index >= 15 is 0 Å². The predicted molar refractivity (Wildman–Crippen MR) is 28.4 cm³/mol. The third-order valence-electron chi connectivity index (χ3n) is 0.543. The standard InChI is InChI=1S/C3H8N4/c1-2(4)3(5)7-6/h4H,6H2,1H3,(H2,5,7)/p+1. The van der Waals surface area contributed by atoms with Gasteiger partial charge in [-0.2, -0.15) is 5.10 Å². The van der Waals surface area contributed by atoms with E-state index in [0.717, 1.165) is 0 Å². The molecule has 4 heteroatoms. The average molecular weight is 101 g/mol. The molecule has 0 atom stereocenters. The Hall–Kier alpha value is -1.06. The van der Waals surface area contributed by atoms with E-state index in [2.05, 4.69) is 5.10 Å². The van der Waals surface area contributed by atoms with Crippen LogP contribution in [0.1, 0.15) is 6.92 Å². The second-order valence-corrected chi connectivity index (χ2v) is 1.20. The molecule has 0 spiro atoms. The zero-order chi connectivity index (χ0) is 5.86. The molecule has 0 aliphatic carbocycles. The molecule has 0 amide bonds. The van der Waals surface area contributed by atoms with Crippen molar-refractivity contribution in [3.63, 3.8) is 0 Å². The van der Waals surface area contributed by atoms with Crippen LogP contribution in [0.15, 0.2) is 5.10 Å². The number of hydrazone groups is 1. The van der Waals surface area contributed by atoms with Crippen molar-refractivity contribution >= 4 is 11.5 Å². The van der Waals surface area contributed by atoms with Gasteiger partial charge in [0.2, 0.25) is 11.5 Å². The molecular weight excluding hydrogens is 92.1 g/mol. The summed E-state index contributed by atoms with van der Waals surface area (Å²) in [7, 11) is 0. The Morgan fingerprint density at radius 1 is 1.71 bits per heavy atom. The fourth-order valence-electron chi connectivity index (χ4n) is 0.102. The lowest BCUT2D eigenvalue weighted by atomic mass is 10.4. The predicted octanol–water partition coefficient (Wildman–Crippen LogP) is -2.56. The highest BCUT2D eigenvalue weighted by molar-refractivity contribution is 6.37. The van der Waals surface area contributed by atoms with Gasteiger partial charge in [0.1, 0.15) is 0 Å². The first-order valence-corrected chi connectivity index (χ1v) is 1.81. The lowest BCUT2D eigenvalue weighted by Crippen LogP contribution is -2.46. The number of nitrogens with zero attached hydrogens (tertiary/aromatic N) is 1. The maximum absolute atomic E-state index is 5.13. The highest BCUT2D eigenvalue weighted by Crippen LogP contribution is 1.58. The second kappa shape index (κ2) is 2.17. The number of amidine groups is 1. The molecule has 7 heavy (non-hydrogen) atoms. The molecule has 0 heterocycles. The molecule has 0 bridgehead atoms. The van der Waals surface area contributed by atoms with E-state index in [4.69, 9.17) is 17.0 Å². The molecule has 0 rings (SSSR count). The number of rotatable bonds is 1. The summed E-state index contributed by atoms with van der Waals surface area (Å²) < 4.78 is 0. The van der Waals surface area contributed by atoms with Crippen LogP contribution >= 0.6 is 0 Å². The molecule has 0 aromatic carbocycles. The average Bonchev–Trinajstić information content (AvgIpc) is 1.65. The third kappa shape index (κ3) is 1.75. The second-order valence-electron chi connectivity index (χ2n) is 1.20. The largest absolute Gasteiger partial charge is 0.377 e. The van der Waals surface area contributed by atoms with Crippen molar-refractivity contribution in [3.05, 3.63) is 0 Å². The monoisotopic (exact) mass is 101 g/mol. The fourth-order valence-corrected chi connectivity index (χ4v) is 0.102. The van der Waals surface area contributed by atoms with Crippen molar-refractivity contribution in [2.24, 2.45) is 16.7 Å². The maximum Gasteiger partial charge on any atom is 0.213 e. The van der Waals surface area contributed by atoms with Gasteiger partial charge in [0, 0.05) is 6.92 Å². The van der Waals surface area contributed by atoms with Crippen LogP contribution < -0.4 is 17.0 Å². The van der Waals surface area contributed by atoms with Gasteiger partial charge >= 0.3 is 0 Å². The van der Waals surface area contributed by atoms with E-state index in [1.807, 2.05) is 0 Å². The Morgan fingerprint density at radius 2 is 2.14 bits per heavy atom. The summed E-state index contributed by atoms with van der Waals surface area (Å²) in [5.41, 5.74) is 5.53. The smallest absolute Gasteiger partial charge is 0.213 e. The number of hydrogen-bond donors (Lipinski definition) is 3. The molecule has 0 aromatic heterocycles. The van der Waals surface area contributed by atoms with Crippen LogP contribution in [0.4, 0.5) is 0 Å². The lowest BCUT2D eigenvalue weighted by molar-refractivity contribution is -0.111. The van der Waals surface area contributed by atoms with Crippen molar-refractivity contribution in [3.8, 4) is 0 Å². The van der Waals surface area contributed by atoms with Crippen LogP contribution in [0.2, 0.25) is 0 Å². The first kappa shape index (κ1) is 5.94. The van der Waals surface area contributed by atoms with Gasteiger partial charge < -0.3 is 11.6 Å². The van der Waals surface area contributed by atoms with Crippen molar-refractivity contribution in [2.45, 2.75) is 6.92 Å². The van der Waals surface area contributed by atoms with E-state index in [0.29, 0.717) is 5.71 Å². The van der Waals surface area contributed by atoms with Gasteiger partial charge in [-0.25, -0.2) is 0 Å². The van der Waals surface area contributed by atoms with E-state index < -0.39 is 0 Å². The zero-order valence-electron chi connectivity index (χ0n) is 4.18. The quantitative estimate of drug-likeness (QED) is 0.147. The highest BCUT2D eigenvalue weighted by Gasteiger charge is 1.95. The molecular formula is C3H9N4+. The molecule has 4 nitrogen and oxygen atoms in total. The molecule has 0 unspecified atom stereocenters. The number of nitrogens with two attached hydrogens (primary N) is 3. The molecule has 0 aromatic rings. The summed E-state index contributed by atoms with van der Waals surface area (Å²) in [5, 5.41) is 8.25. The van der Waals surface area contributed by atoms with Gasteiger partial charge in [-0.15, -0.1) is 0 Å². The minimum atomic E-state index is 0.194. The van der Waals surface area contributed by atoms with Gasteiger partial charge in [0.05, 0.1) is 0 Å². The van der Waals surface area contributed by atoms with E-state index in [-0.39, 0.29) is 5.84 Å². The summed E-state index contributed by atoms with van der Waals surface area (Å²) in [5.74, 6) is 4.93. The first-order chi connectivity index (χ1) is 3.18. The Balaban J connectivity index is 3.82. The Kier molecular flexibility index (Phi) is 1.84. The van der Waals surface area contributed by atoms with E-state index in [1.54, 1.807) is 6.92 Å². The molecule has 0 fully saturated rings. The Morgan fingerprint density at radius 3 is 2.14 bits per heavy atom. The topological polar surface area (TPSA) is 90.0 Å². The molecule has 40 valence electrons.